The molecule has 0 bridgehead atoms. The van der Waals surface area contributed by atoms with Gasteiger partial charge in [-0.05, 0) is 12.1 Å². The van der Waals surface area contributed by atoms with Crippen molar-refractivity contribution in [3.63, 3.8) is 0 Å². The van der Waals surface area contributed by atoms with Crippen LogP contribution in [0.25, 0.3) is 10.9 Å². The predicted octanol–water partition coefficient (Wildman–Crippen LogP) is 1.71. The van der Waals surface area contributed by atoms with Crippen molar-refractivity contribution in [3.05, 3.63) is 42.1 Å². The first kappa shape index (κ1) is 14.1. The van der Waals surface area contributed by atoms with Gasteiger partial charge in [-0.2, -0.15) is 10.4 Å². The van der Waals surface area contributed by atoms with Gasteiger partial charge in [0.25, 0.3) is 10.0 Å². The lowest BCUT2D eigenvalue weighted by Gasteiger charge is -2.08. The Kier molecular flexibility index (Phi) is 3.11. The Bertz CT molecular complexity index is 1010. The SMILES string of the molecule is Cn1cc(S(=O)(=O)Nc2ccc(F)c3c(C#N)c[nH]c23)cn1. The smallest absolute Gasteiger partial charge is 0.265 e. The van der Waals surface area contributed by atoms with Gasteiger partial charge in [-0.1, -0.05) is 0 Å². The summed E-state index contributed by atoms with van der Waals surface area (Å²) in [6, 6.07) is 4.26. The number of nitriles is 1. The molecule has 0 amide bonds. The molecule has 0 radical (unpaired) electrons. The van der Waals surface area contributed by atoms with E-state index in [1.54, 1.807) is 7.05 Å². The number of nitrogens with one attached hydrogen (secondary N) is 2. The molecular weight excluding hydrogens is 309 g/mol. The molecule has 112 valence electrons. The third-order valence-electron chi connectivity index (χ3n) is 3.14. The molecule has 0 saturated carbocycles. The second-order valence-electron chi connectivity index (χ2n) is 4.61. The Hall–Kier alpha value is -2.86. The maximum Gasteiger partial charge on any atom is 0.265 e. The van der Waals surface area contributed by atoms with Gasteiger partial charge in [-0.25, -0.2) is 12.8 Å². The average Bonchev–Trinajstić information content (AvgIpc) is 3.08. The zero-order valence-electron chi connectivity index (χ0n) is 11.3. The van der Waals surface area contributed by atoms with Crippen LogP contribution < -0.4 is 4.72 Å². The van der Waals surface area contributed by atoms with Crippen molar-refractivity contribution in [2.24, 2.45) is 7.05 Å². The third-order valence-corrected chi connectivity index (χ3v) is 4.46. The standard InChI is InChI=1S/C13H10FN5O2S/c1-19-7-9(6-17-19)22(20,21)18-11-3-2-10(14)12-8(4-15)5-16-13(11)12/h2-3,5-7,16,18H,1H3. The molecule has 22 heavy (non-hydrogen) atoms. The predicted molar refractivity (Wildman–Crippen MR) is 77.0 cm³/mol. The Morgan fingerprint density at radius 2 is 2.23 bits per heavy atom. The van der Waals surface area contributed by atoms with Crippen LogP contribution in [-0.4, -0.2) is 23.2 Å². The number of aryl methyl sites for hydroxylation is 1. The fourth-order valence-electron chi connectivity index (χ4n) is 2.12. The Balaban J connectivity index is 2.11. The topological polar surface area (TPSA) is 104 Å². The van der Waals surface area contributed by atoms with Gasteiger partial charge in [0.05, 0.1) is 28.4 Å². The number of aromatic nitrogens is 3. The first-order chi connectivity index (χ1) is 10.4. The number of aromatic amines is 1. The molecule has 0 spiro atoms. The summed E-state index contributed by atoms with van der Waals surface area (Å²) in [6.07, 6.45) is 3.88. The molecule has 2 heterocycles. The van der Waals surface area contributed by atoms with E-state index in [4.69, 9.17) is 5.26 Å². The van der Waals surface area contributed by atoms with Gasteiger partial charge in [0, 0.05) is 19.4 Å². The lowest BCUT2D eigenvalue weighted by Crippen LogP contribution is -2.12. The number of hydrogen-bond donors (Lipinski definition) is 2. The zero-order valence-corrected chi connectivity index (χ0v) is 12.1. The van der Waals surface area contributed by atoms with Crippen molar-refractivity contribution < 1.29 is 12.8 Å². The van der Waals surface area contributed by atoms with Crippen LogP contribution in [-0.2, 0) is 17.1 Å². The Morgan fingerprint density at radius 1 is 1.45 bits per heavy atom. The molecule has 0 fully saturated rings. The molecule has 2 N–H and O–H groups in total. The van der Waals surface area contributed by atoms with Crippen LogP contribution in [0.3, 0.4) is 0 Å². The van der Waals surface area contributed by atoms with Crippen molar-refractivity contribution >= 4 is 26.6 Å². The number of fused-ring (bicyclic) bond motifs is 1. The number of nitrogens with zero attached hydrogens (tertiary/aromatic N) is 3. The van der Waals surface area contributed by atoms with Gasteiger partial charge in [0.1, 0.15) is 16.8 Å². The summed E-state index contributed by atoms with van der Waals surface area (Å²) in [5.74, 6) is -0.600. The van der Waals surface area contributed by atoms with Gasteiger partial charge >= 0.3 is 0 Å². The summed E-state index contributed by atoms with van der Waals surface area (Å²) in [5, 5.41) is 12.8. The monoisotopic (exact) mass is 319 g/mol. The van der Waals surface area contributed by atoms with Crippen molar-refractivity contribution in [1.29, 1.82) is 5.26 Å². The quantitative estimate of drug-likeness (QED) is 0.767. The number of benzene rings is 1. The lowest BCUT2D eigenvalue weighted by atomic mass is 10.1. The van der Waals surface area contributed by atoms with E-state index in [9.17, 15) is 12.8 Å². The van der Waals surface area contributed by atoms with Crippen LogP contribution in [0.1, 0.15) is 5.56 Å². The molecule has 3 rings (SSSR count). The summed E-state index contributed by atoms with van der Waals surface area (Å²) < 4.78 is 42.1. The van der Waals surface area contributed by atoms with Gasteiger partial charge in [-0.3, -0.25) is 9.40 Å². The van der Waals surface area contributed by atoms with E-state index >= 15 is 0 Å². The Morgan fingerprint density at radius 3 is 2.86 bits per heavy atom. The molecule has 0 unspecified atom stereocenters. The van der Waals surface area contributed by atoms with E-state index in [2.05, 4.69) is 14.8 Å². The van der Waals surface area contributed by atoms with Crippen molar-refractivity contribution in [2.45, 2.75) is 4.90 Å². The van der Waals surface area contributed by atoms with Crippen molar-refractivity contribution in [3.8, 4) is 6.07 Å². The van der Waals surface area contributed by atoms with Crippen LogP contribution >= 0.6 is 0 Å². The summed E-state index contributed by atoms with van der Waals surface area (Å²) in [4.78, 5) is 2.70. The molecule has 0 aliphatic heterocycles. The normalized spacial score (nSPS) is 11.5. The molecule has 7 nitrogen and oxygen atoms in total. The van der Waals surface area contributed by atoms with E-state index in [1.807, 2.05) is 6.07 Å². The van der Waals surface area contributed by atoms with Gasteiger partial charge in [-0.15, -0.1) is 0 Å². The Labute approximate surface area is 125 Å². The van der Waals surface area contributed by atoms with E-state index in [-0.39, 0.29) is 27.0 Å². The van der Waals surface area contributed by atoms with Crippen LogP contribution in [0, 0.1) is 17.1 Å². The molecule has 1 aromatic carbocycles. The summed E-state index contributed by atoms with van der Waals surface area (Å²) in [7, 11) is -2.26. The van der Waals surface area contributed by atoms with Gasteiger partial charge in [0.15, 0.2) is 0 Å². The molecule has 9 heteroatoms. The summed E-state index contributed by atoms with van der Waals surface area (Å²) in [6.45, 7) is 0. The molecule has 2 aromatic heterocycles. The number of rotatable bonds is 3. The molecule has 3 aromatic rings. The maximum atomic E-state index is 13.8. The second kappa shape index (κ2) is 4.85. The highest BCUT2D eigenvalue weighted by atomic mass is 32.2. The lowest BCUT2D eigenvalue weighted by molar-refractivity contribution is 0.601. The number of sulfonamides is 1. The first-order valence-corrected chi connectivity index (χ1v) is 7.62. The zero-order chi connectivity index (χ0) is 15.9. The van der Waals surface area contributed by atoms with Gasteiger partial charge < -0.3 is 4.98 Å². The molecule has 0 aliphatic rings. The third kappa shape index (κ3) is 2.19. The minimum Gasteiger partial charge on any atom is -0.358 e. The molecular formula is C13H10FN5O2S. The van der Waals surface area contributed by atoms with Crippen molar-refractivity contribution in [2.75, 3.05) is 4.72 Å². The minimum atomic E-state index is -3.85. The average molecular weight is 319 g/mol. The largest absolute Gasteiger partial charge is 0.358 e. The highest BCUT2D eigenvalue weighted by Gasteiger charge is 2.19. The maximum absolute atomic E-state index is 13.8. The van der Waals surface area contributed by atoms with Crippen LogP contribution in [0.2, 0.25) is 0 Å². The van der Waals surface area contributed by atoms with E-state index in [0.29, 0.717) is 0 Å². The molecule has 0 aliphatic carbocycles. The van der Waals surface area contributed by atoms with E-state index < -0.39 is 15.8 Å². The number of anilines is 1. The molecule has 0 saturated heterocycles. The summed E-state index contributed by atoms with van der Waals surface area (Å²) >= 11 is 0. The highest BCUT2D eigenvalue weighted by molar-refractivity contribution is 7.92. The number of H-pyrrole nitrogens is 1. The number of halogens is 1. The highest BCUT2D eigenvalue weighted by Crippen LogP contribution is 2.29. The van der Waals surface area contributed by atoms with Crippen LogP contribution in [0.4, 0.5) is 10.1 Å². The van der Waals surface area contributed by atoms with E-state index in [1.165, 1.54) is 29.3 Å². The number of hydrogen-bond acceptors (Lipinski definition) is 4. The van der Waals surface area contributed by atoms with Crippen LogP contribution in [0.5, 0.6) is 0 Å². The first-order valence-electron chi connectivity index (χ1n) is 6.13. The van der Waals surface area contributed by atoms with Crippen molar-refractivity contribution in [1.82, 2.24) is 14.8 Å². The van der Waals surface area contributed by atoms with E-state index in [0.717, 1.165) is 6.07 Å². The molecule has 0 atom stereocenters. The minimum absolute atomic E-state index is 0.0143. The summed E-state index contributed by atoms with van der Waals surface area (Å²) in [5.41, 5.74) is 0.473. The van der Waals surface area contributed by atoms with Gasteiger partial charge in [0.2, 0.25) is 0 Å². The van der Waals surface area contributed by atoms with Crippen LogP contribution in [0.15, 0.2) is 35.6 Å². The fraction of sp³-hybridized carbons (Fsp3) is 0.0769. The fourth-order valence-corrected chi connectivity index (χ4v) is 3.18. The second-order valence-corrected chi connectivity index (χ2v) is 6.30.